The van der Waals surface area contributed by atoms with Crippen LogP contribution in [-0.4, -0.2) is 57.0 Å². The molecule has 0 spiro atoms. The molecule has 1 unspecified atom stereocenters. The lowest BCUT2D eigenvalue weighted by molar-refractivity contribution is -0.149. The van der Waals surface area contributed by atoms with Gasteiger partial charge in [-0.25, -0.2) is 0 Å². The average Bonchev–Trinajstić information content (AvgIpc) is 2.76. The molecule has 1 aliphatic rings. The molecule has 1 rings (SSSR count). The summed E-state index contributed by atoms with van der Waals surface area (Å²) in [5.41, 5.74) is -0.171. The first kappa shape index (κ1) is 17.7. The zero-order chi connectivity index (χ0) is 15.1. The van der Waals surface area contributed by atoms with Gasteiger partial charge in [0.2, 0.25) is 0 Å². The smallest absolute Gasteiger partial charge is 0.381 e. The molecule has 0 aromatic heterocycles. The largest absolute Gasteiger partial charge is 0.401 e. The van der Waals surface area contributed by atoms with Crippen LogP contribution in [0.2, 0.25) is 0 Å². The van der Waals surface area contributed by atoms with E-state index in [1.807, 2.05) is 6.92 Å². The summed E-state index contributed by atoms with van der Waals surface area (Å²) < 4.78 is 43.4. The number of nitrogens with one attached hydrogen (secondary N) is 1. The van der Waals surface area contributed by atoms with Crippen molar-refractivity contribution in [2.45, 2.75) is 39.3 Å². The van der Waals surface area contributed by atoms with Crippen LogP contribution in [0.5, 0.6) is 0 Å². The molecule has 1 saturated heterocycles. The van der Waals surface area contributed by atoms with Crippen molar-refractivity contribution in [2.75, 3.05) is 45.9 Å². The summed E-state index contributed by atoms with van der Waals surface area (Å²) in [4.78, 5) is 1.53. The number of halogens is 3. The van der Waals surface area contributed by atoms with E-state index in [1.54, 1.807) is 0 Å². The Balaban J connectivity index is 2.60. The molecule has 1 fully saturated rings. The Morgan fingerprint density at radius 2 is 2.00 bits per heavy atom. The Kier molecular flexibility index (Phi) is 7.26. The molecular weight excluding hydrogens is 269 g/mol. The number of nitrogens with zero attached hydrogens (tertiary/aromatic N) is 1. The average molecular weight is 296 g/mol. The Labute approximate surface area is 119 Å². The van der Waals surface area contributed by atoms with Gasteiger partial charge in [0.1, 0.15) is 0 Å². The van der Waals surface area contributed by atoms with E-state index in [9.17, 15) is 13.2 Å². The van der Waals surface area contributed by atoms with Crippen LogP contribution in [0.1, 0.15) is 33.1 Å². The predicted molar refractivity (Wildman–Crippen MR) is 73.8 cm³/mol. The van der Waals surface area contributed by atoms with Gasteiger partial charge in [-0.3, -0.25) is 4.90 Å². The first-order valence-corrected chi connectivity index (χ1v) is 7.48. The molecule has 1 heterocycles. The standard InChI is InChI=1S/C14H27F3N2O/c1-3-6-18-9-13(5-8-20-12-13)10-19(7-4-2)11-14(15,16)17/h18H,3-12H2,1-2H3. The third-order valence-corrected chi connectivity index (χ3v) is 3.61. The van der Waals surface area contributed by atoms with Crippen LogP contribution in [0.4, 0.5) is 13.2 Å². The van der Waals surface area contributed by atoms with Crippen molar-refractivity contribution in [1.82, 2.24) is 10.2 Å². The third-order valence-electron chi connectivity index (χ3n) is 3.61. The minimum Gasteiger partial charge on any atom is -0.381 e. The van der Waals surface area contributed by atoms with Crippen LogP contribution < -0.4 is 5.32 Å². The monoisotopic (exact) mass is 296 g/mol. The maximum atomic E-state index is 12.6. The Morgan fingerprint density at radius 1 is 1.25 bits per heavy atom. The molecule has 6 heteroatoms. The molecule has 1 aliphatic heterocycles. The number of hydrogen-bond acceptors (Lipinski definition) is 3. The van der Waals surface area contributed by atoms with Gasteiger partial charge in [-0.15, -0.1) is 0 Å². The summed E-state index contributed by atoms with van der Waals surface area (Å²) in [6, 6.07) is 0. The molecule has 0 aromatic carbocycles. The summed E-state index contributed by atoms with van der Waals surface area (Å²) in [5.74, 6) is 0. The Bertz CT molecular complexity index is 266. The van der Waals surface area contributed by atoms with E-state index in [0.717, 1.165) is 32.4 Å². The van der Waals surface area contributed by atoms with Gasteiger partial charge in [0, 0.05) is 25.1 Å². The van der Waals surface area contributed by atoms with Gasteiger partial charge in [0.15, 0.2) is 0 Å². The van der Waals surface area contributed by atoms with Crippen LogP contribution in [0.15, 0.2) is 0 Å². The van der Waals surface area contributed by atoms with Gasteiger partial charge >= 0.3 is 6.18 Å². The lowest BCUT2D eigenvalue weighted by Gasteiger charge is -2.35. The highest BCUT2D eigenvalue weighted by atomic mass is 19.4. The normalized spacial score (nSPS) is 23.7. The molecule has 120 valence electrons. The van der Waals surface area contributed by atoms with Crippen molar-refractivity contribution < 1.29 is 17.9 Å². The third kappa shape index (κ3) is 6.41. The van der Waals surface area contributed by atoms with E-state index >= 15 is 0 Å². The van der Waals surface area contributed by atoms with E-state index in [0.29, 0.717) is 26.3 Å². The fraction of sp³-hybridized carbons (Fsp3) is 1.00. The van der Waals surface area contributed by atoms with Gasteiger partial charge < -0.3 is 10.1 Å². The fourth-order valence-corrected chi connectivity index (χ4v) is 2.76. The SMILES string of the molecule is CCCNCC1(CN(CCC)CC(F)(F)F)CCOC1. The second-order valence-corrected chi connectivity index (χ2v) is 5.81. The Morgan fingerprint density at radius 3 is 2.50 bits per heavy atom. The van der Waals surface area contributed by atoms with E-state index in [1.165, 1.54) is 4.90 Å². The predicted octanol–water partition coefficient (Wildman–Crippen LogP) is 2.67. The van der Waals surface area contributed by atoms with Gasteiger partial charge in [0.05, 0.1) is 13.2 Å². The summed E-state index contributed by atoms with van der Waals surface area (Å²) >= 11 is 0. The topological polar surface area (TPSA) is 24.5 Å². The van der Waals surface area contributed by atoms with E-state index < -0.39 is 12.7 Å². The van der Waals surface area contributed by atoms with Crippen molar-refractivity contribution >= 4 is 0 Å². The summed E-state index contributed by atoms with van der Waals surface area (Å²) in [6.45, 7) is 6.95. The van der Waals surface area contributed by atoms with E-state index in [2.05, 4.69) is 12.2 Å². The van der Waals surface area contributed by atoms with Crippen LogP contribution in [0.25, 0.3) is 0 Å². The highest BCUT2D eigenvalue weighted by molar-refractivity contribution is 4.89. The molecule has 1 N–H and O–H groups in total. The first-order chi connectivity index (χ1) is 9.41. The highest BCUT2D eigenvalue weighted by Gasteiger charge is 2.39. The molecule has 0 aliphatic carbocycles. The number of ether oxygens (including phenoxy) is 1. The summed E-state index contributed by atoms with van der Waals surface area (Å²) in [7, 11) is 0. The van der Waals surface area contributed by atoms with E-state index in [4.69, 9.17) is 4.74 Å². The maximum absolute atomic E-state index is 12.6. The van der Waals surface area contributed by atoms with Gasteiger partial charge in [-0.05, 0) is 32.4 Å². The molecule has 20 heavy (non-hydrogen) atoms. The fourth-order valence-electron chi connectivity index (χ4n) is 2.76. The summed E-state index contributed by atoms with van der Waals surface area (Å²) in [5, 5.41) is 3.34. The van der Waals surface area contributed by atoms with Crippen LogP contribution in [0, 0.1) is 5.41 Å². The maximum Gasteiger partial charge on any atom is 0.401 e. The van der Waals surface area contributed by atoms with Gasteiger partial charge in [-0.1, -0.05) is 13.8 Å². The number of rotatable bonds is 9. The Hall–Kier alpha value is -0.330. The summed E-state index contributed by atoms with van der Waals surface area (Å²) in [6.07, 6.45) is -1.54. The molecule has 0 aromatic rings. The van der Waals surface area contributed by atoms with Crippen LogP contribution in [0.3, 0.4) is 0 Å². The molecule has 0 amide bonds. The number of alkyl halides is 3. The molecule has 0 radical (unpaired) electrons. The lowest BCUT2D eigenvalue weighted by atomic mass is 9.86. The van der Waals surface area contributed by atoms with Gasteiger partial charge in [-0.2, -0.15) is 13.2 Å². The van der Waals surface area contributed by atoms with Crippen molar-refractivity contribution in [1.29, 1.82) is 0 Å². The second kappa shape index (κ2) is 8.20. The molecule has 1 atom stereocenters. The van der Waals surface area contributed by atoms with E-state index in [-0.39, 0.29) is 5.41 Å². The van der Waals surface area contributed by atoms with Crippen molar-refractivity contribution in [3.63, 3.8) is 0 Å². The lowest BCUT2D eigenvalue weighted by Crippen LogP contribution is -2.47. The highest BCUT2D eigenvalue weighted by Crippen LogP contribution is 2.30. The minimum absolute atomic E-state index is 0.171. The van der Waals surface area contributed by atoms with Crippen molar-refractivity contribution in [2.24, 2.45) is 5.41 Å². The molecular formula is C14H27F3N2O. The van der Waals surface area contributed by atoms with Gasteiger partial charge in [0.25, 0.3) is 0 Å². The number of hydrogen-bond donors (Lipinski definition) is 1. The molecule has 3 nitrogen and oxygen atoms in total. The van der Waals surface area contributed by atoms with Crippen molar-refractivity contribution in [3.05, 3.63) is 0 Å². The van der Waals surface area contributed by atoms with Crippen LogP contribution in [-0.2, 0) is 4.74 Å². The van der Waals surface area contributed by atoms with Crippen molar-refractivity contribution in [3.8, 4) is 0 Å². The first-order valence-electron chi connectivity index (χ1n) is 7.48. The molecule has 0 bridgehead atoms. The minimum atomic E-state index is -4.13. The zero-order valence-corrected chi connectivity index (χ0v) is 12.6. The quantitative estimate of drug-likeness (QED) is 0.662. The van der Waals surface area contributed by atoms with Crippen LogP contribution >= 0.6 is 0 Å². The molecule has 0 saturated carbocycles. The second-order valence-electron chi connectivity index (χ2n) is 5.81. The zero-order valence-electron chi connectivity index (χ0n) is 12.6.